The third-order valence-electron chi connectivity index (χ3n) is 5.03. The van der Waals surface area contributed by atoms with E-state index < -0.39 is 51.9 Å². The molecule has 2 aromatic carbocycles. The highest BCUT2D eigenvalue weighted by atomic mass is 28.6. The van der Waals surface area contributed by atoms with Crippen molar-refractivity contribution in [3.05, 3.63) is 60.7 Å². The van der Waals surface area contributed by atoms with Crippen molar-refractivity contribution in [2.45, 2.75) is 52.4 Å². The molecule has 0 spiro atoms. The summed E-state index contributed by atoms with van der Waals surface area (Å²) < 4.78 is 48.3. The van der Waals surface area contributed by atoms with E-state index in [0.717, 1.165) is 10.4 Å². The second kappa shape index (κ2) is 8.54. The van der Waals surface area contributed by atoms with Crippen LogP contribution in [0.4, 0.5) is 0 Å². The molecule has 0 saturated carbocycles. The van der Waals surface area contributed by atoms with Crippen LogP contribution < -0.4 is 10.4 Å². The van der Waals surface area contributed by atoms with Crippen LogP contribution >= 0.6 is 0 Å². The van der Waals surface area contributed by atoms with Crippen LogP contribution in [0.15, 0.2) is 60.7 Å². The quantitative estimate of drug-likeness (QED) is 0.525. The van der Waals surface area contributed by atoms with Crippen LogP contribution in [0.2, 0.25) is 52.4 Å². The molecule has 0 N–H and O–H groups in total. The molecule has 13 heteroatoms. The highest BCUT2D eigenvalue weighted by molar-refractivity contribution is 7.03. The molecule has 0 aliphatic carbocycles. The summed E-state index contributed by atoms with van der Waals surface area (Å²) in [6, 6.07) is 19.8. The Labute approximate surface area is 203 Å². The molecule has 2 aromatic rings. The Kier molecular flexibility index (Phi) is 6.61. The molecule has 0 aromatic heterocycles. The lowest BCUT2D eigenvalue weighted by Crippen LogP contribution is -2.80. The van der Waals surface area contributed by atoms with Crippen LogP contribution in [0, 0.1) is 0 Å². The number of rotatable bonds is 2. The van der Waals surface area contributed by atoms with Gasteiger partial charge in [-0.2, -0.15) is 0 Å². The smallest absolute Gasteiger partial charge is 0.416 e. The average Bonchev–Trinajstić information content (AvgIpc) is 2.64. The standard InChI is InChI=1S/C20H34O7Si6/c1-28(2)21-29(3,4)24-33(20-17-13-10-14-18-20)26-31(7,8)22-30(5,6)25-32(23-28,27-33)19-15-11-9-12-16-19/h9-18H,1-8H3. The minimum absolute atomic E-state index is 0.862. The Morgan fingerprint density at radius 3 is 0.909 bits per heavy atom. The number of fused-ring (bicyclic) bond motifs is 2. The lowest BCUT2D eigenvalue weighted by atomic mass is 10.4. The Morgan fingerprint density at radius 2 is 0.636 bits per heavy atom. The molecule has 0 amide bonds. The molecule has 0 atom stereocenters. The fraction of sp³-hybridized carbons (Fsp3) is 0.400. The van der Waals surface area contributed by atoms with Gasteiger partial charge in [0.2, 0.25) is 0 Å². The Bertz CT molecular complexity index is 875. The van der Waals surface area contributed by atoms with E-state index >= 15 is 0 Å². The molecular weight excluding hydrogens is 521 g/mol. The van der Waals surface area contributed by atoms with E-state index in [1.54, 1.807) is 0 Å². The van der Waals surface area contributed by atoms with Crippen LogP contribution in [0.25, 0.3) is 0 Å². The van der Waals surface area contributed by atoms with Gasteiger partial charge in [0, 0.05) is 10.4 Å². The molecule has 7 nitrogen and oxygen atoms in total. The Balaban J connectivity index is 2.01. The van der Waals surface area contributed by atoms with Gasteiger partial charge in [0.25, 0.3) is 0 Å². The third-order valence-corrected chi connectivity index (χ3v) is 29.3. The van der Waals surface area contributed by atoms with Gasteiger partial charge >= 0.3 is 51.9 Å². The van der Waals surface area contributed by atoms with Crippen LogP contribution in [-0.2, 0) is 28.8 Å². The number of hydrogen-bond acceptors (Lipinski definition) is 7. The summed E-state index contributed by atoms with van der Waals surface area (Å²) in [5.41, 5.74) is 0. The number of hydrogen-bond donors (Lipinski definition) is 0. The van der Waals surface area contributed by atoms with Crippen molar-refractivity contribution in [1.82, 2.24) is 0 Å². The fourth-order valence-corrected chi connectivity index (χ4v) is 35.2. The maximum atomic E-state index is 7.19. The molecule has 0 radical (unpaired) electrons. The van der Waals surface area contributed by atoms with Gasteiger partial charge in [-0.25, -0.2) is 0 Å². The van der Waals surface area contributed by atoms with Gasteiger partial charge in [-0.3, -0.25) is 0 Å². The maximum Gasteiger partial charge on any atom is 0.512 e. The van der Waals surface area contributed by atoms with Crippen molar-refractivity contribution in [2.24, 2.45) is 0 Å². The third kappa shape index (κ3) is 5.66. The van der Waals surface area contributed by atoms with Crippen molar-refractivity contribution in [3.8, 4) is 0 Å². The van der Waals surface area contributed by atoms with Crippen molar-refractivity contribution < 1.29 is 28.8 Å². The second-order valence-corrected chi connectivity index (χ2v) is 30.5. The van der Waals surface area contributed by atoms with Crippen LogP contribution in [0.3, 0.4) is 0 Å². The molecule has 180 valence electrons. The minimum atomic E-state index is -3.60. The van der Waals surface area contributed by atoms with E-state index in [0.29, 0.717) is 0 Å². The number of benzene rings is 2. The van der Waals surface area contributed by atoms with Crippen molar-refractivity contribution >= 4 is 62.2 Å². The second-order valence-electron chi connectivity index (χ2n) is 10.2. The zero-order valence-electron chi connectivity index (χ0n) is 20.6. The zero-order chi connectivity index (χ0) is 24.2. The fourth-order valence-electron chi connectivity index (χ4n) is 4.50. The van der Waals surface area contributed by atoms with Gasteiger partial charge in [-0.15, -0.1) is 0 Å². The summed E-state index contributed by atoms with van der Waals surface area (Å²) in [6.45, 7) is 16.2. The predicted octanol–water partition coefficient (Wildman–Crippen LogP) is 3.63. The van der Waals surface area contributed by atoms with Gasteiger partial charge < -0.3 is 28.8 Å². The molecule has 2 aliphatic heterocycles. The first-order valence-corrected chi connectivity index (χ1v) is 25.9. The highest BCUT2D eigenvalue weighted by Gasteiger charge is 2.68. The van der Waals surface area contributed by atoms with E-state index in [-0.39, 0.29) is 0 Å². The summed E-state index contributed by atoms with van der Waals surface area (Å²) in [7, 11) is -18.1. The molecule has 33 heavy (non-hydrogen) atoms. The Hall–Kier alpha value is -0.539. The molecule has 2 bridgehead atoms. The maximum absolute atomic E-state index is 7.19. The normalized spacial score (nSPS) is 32.6. The summed E-state index contributed by atoms with van der Waals surface area (Å²) >= 11 is 0. The van der Waals surface area contributed by atoms with Gasteiger partial charge in [0.05, 0.1) is 0 Å². The zero-order valence-corrected chi connectivity index (χ0v) is 26.6. The van der Waals surface area contributed by atoms with Gasteiger partial charge in [0.15, 0.2) is 0 Å². The molecule has 2 saturated heterocycles. The average molecular weight is 555 g/mol. The van der Waals surface area contributed by atoms with E-state index in [4.69, 9.17) is 28.8 Å². The largest absolute Gasteiger partial charge is 0.512 e. The van der Waals surface area contributed by atoms with Crippen molar-refractivity contribution in [2.75, 3.05) is 0 Å². The summed E-state index contributed by atoms with van der Waals surface area (Å²) in [5.74, 6) is 0. The molecule has 0 unspecified atom stereocenters. The first-order chi connectivity index (χ1) is 15.2. The molecule has 2 fully saturated rings. The van der Waals surface area contributed by atoms with Crippen LogP contribution in [-0.4, -0.2) is 51.9 Å². The van der Waals surface area contributed by atoms with Gasteiger partial charge in [-0.1, -0.05) is 60.7 Å². The van der Waals surface area contributed by atoms with Gasteiger partial charge in [-0.05, 0) is 52.4 Å². The van der Waals surface area contributed by atoms with Crippen molar-refractivity contribution in [3.63, 3.8) is 0 Å². The monoisotopic (exact) mass is 554 g/mol. The van der Waals surface area contributed by atoms with E-state index in [1.165, 1.54) is 0 Å². The first-order valence-electron chi connectivity index (χ1n) is 11.2. The lowest BCUT2D eigenvalue weighted by molar-refractivity contribution is 0.122. The van der Waals surface area contributed by atoms with E-state index in [2.05, 4.69) is 0 Å². The van der Waals surface area contributed by atoms with Crippen molar-refractivity contribution in [1.29, 1.82) is 0 Å². The van der Waals surface area contributed by atoms with E-state index in [1.807, 2.05) is 113 Å². The highest BCUT2D eigenvalue weighted by Crippen LogP contribution is 2.37. The topological polar surface area (TPSA) is 64.6 Å². The Morgan fingerprint density at radius 1 is 0.364 bits per heavy atom. The summed E-state index contributed by atoms with van der Waals surface area (Å²) in [6.07, 6.45) is 0. The molecular formula is C20H34O7Si6. The molecule has 2 aliphatic rings. The summed E-state index contributed by atoms with van der Waals surface area (Å²) in [4.78, 5) is 0. The molecule has 2 heterocycles. The summed E-state index contributed by atoms with van der Waals surface area (Å²) in [5, 5.41) is 1.72. The SMILES string of the molecule is C[Si]1(C)O[Si](C)(C)O[Si]2(c3ccccc3)O[Si](C)(C)O[Si](C)(C)O[Si](c3ccccc3)(O1)O2. The minimum Gasteiger partial charge on any atom is -0.416 e. The lowest BCUT2D eigenvalue weighted by Gasteiger charge is -2.53. The predicted molar refractivity (Wildman–Crippen MR) is 141 cm³/mol. The van der Waals surface area contributed by atoms with Crippen LogP contribution in [0.1, 0.15) is 0 Å². The van der Waals surface area contributed by atoms with E-state index in [9.17, 15) is 0 Å². The molecule has 4 rings (SSSR count). The van der Waals surface area contributed by atoms with Crippen LogP contribution in [0.5, 0.6) is 0 Å². The first kappa shape index (κ1) is 25.6. The van der Waals surface area contributed by atoms with Gasteiger partial charge in [0.1, 0.15) is 0 Å².